The van der Waals surface area contributed by atoms with Crippen molar-refractivity contribution in [3.63, 3.8) is 0 Å². The molecule has 0 bridgehead atoms. The number of fused-ring (bicyclic) bond motifs is 1. The third-order valence-corrected chi connectivity index (χ3v) is 6.40. The second-order valence-electron chi connectivity index (χ2n) is 7.00. The minimum atomic E-state index is 0.218. The molecular weight excluding hydrogens is 346 g/mol. The monoisotopic (exact) mass is 369 g/mol. The van der Waals surface area contributed by atoms with E-state index < -0.39 is 0 Å². The molecule has 1 aliphatic rings. The summed E-state index contributed by atoms with van der Waals surface area (Å²) in [6, 6.07) is 8.25. The van der Waals surface area contributed by atoms with E-state index in [9.17, 15) is 4.79 Å². The van der Waals surface area contributed by atoms with Gasteiger partial charge in [0.1, 0.15) is 5.76 Å². The highest BCUT2D eigenvalue weighted by molar-refractivity contribution is 7.18. The number of benzene rings is 1. The fraction of sp³-hybridized carbons (Fsp3) is 0.450. The van der Waals surface area contributed by atoms with Crippen molar-refractivity contribution in [3.8, 4) is 0 Å². The lowest BCUT2D eigenvalue weighted by Gasteiger charge is -2.32. The zero-order chi connectivity index (χ0) is 18.1. The molecule has 0 radical (unpaired) electrons. The molecule has 26 heavy (non-hydrogen) atoms. The van der Waals surface area contributed by atoms with Crippen molar-refractivity contribution in [1.82, 2.24) is 15.0 Å². The highest BCUT2D eigenvalue weighted by Crippen LogP contribution is 2.33. The first-order chi connectivity index (χ1) is 12.6. The van der Waals surface area contributed by atoms with Gasteiger partial charge in [0, 0.05) is 31.0 Å². The van der Waals surface area contributed by atoms with Crippen LogP contribution in [0.1, 0.15) is 47.2 Å². The van der Waals surface area contributed by atoms with Gasteiger partial charge in [-0.1, -0.05) is 17.3 Å². The molecule has 5 nitrogen and oxygen atoms in total. The number of rotatable bonds is 4. The fourth-order valence-electron chi connectivity index (χ4n) is 3.72. The predicted octanol–water partition coefficient (Wildman–Crippen LogP) is 4.24. The number of carbonyl (C=O) groups is 1. The number of para-hydroxylation sites is 1. The van der Waals surface area contributed by atoms with Crippen LogP contribution < -0.4 is 0 Å². The van der Waals surface area contributed by atoms with Crippen LogP contribution in [0.5, 0.6) is 0 Å². The molecule has 1 aliphatic heterocycles. The molecule has 0 N–H and O–H groups in total. The van der Waals surface area contributed by atoms with E-state index in [-0.39, 0.29) is 5.91 Å². The number of aryl methyl sites for hydroxylation is 2. The molecule has 2 aromatic heterocycles. The highest BCUT2D eigenvalue weighted by Gasteiger charge is 2.27. The van der Waals surface area contributed by atoms with Crippen molar-refractivity contribution in [2.45, 2.75) is 45.4 Å². The summed E-state index contributed by atoms with van der Waals surface area (Å²) in [6.45, 7) is 5.46. The standard InChI is InChI=1S/C20H23N3O2S/c1-13-16(14(2)25-22-13)9-10-19(24)23-11-5-6-15(12-23)20-21-17-7-3-4-8-18(17)26-20/h3-4,7-8,15H,5-6,9-12H2,1-2H3. The quantitative estimate of drug-likeness (QED) is 0.690. The molecule has 1 unspecified atom stereocenters. The number of amides is 1. The maximum Gasteiger partial charge on any atom is 0.222 e. The first-order valence-electron chi connectivity index (χ1n) is 9.17. The Morgan fingerprint density at radius 2 is 2.19 bits per heavy atom. The van der Waals surface area contributed by atoms with E-state index in [1.807, 2.05) is 24.8 Å². The SMILES string of the molecule is Cc1noc(C)c1CCC(=O)N1CCCC(c2nc3ccccc3s2)C1. The zero-order valence-electron chi connectivity index (χ0n) is 15.2. The second kappa shape index (κ2) is 7.19. The van der Waals surface area contributed by atoms with Crippen LogP contribution in [0.25, 0.3) is 10.2 Å². The minimum absolute atomic E-state index is 0.218. The number of nitrogens with zero attached hydrogens (tertiary/aromatic N) is 3. The van der Waals surface area contributed by atoms with Gasteiger partial charge in [0.15, 0.2) is 0 Å². The average molecular weight is 369 g/mol. The summed E-state index contributed by atoms with van der Waals surface area (Å²) < 4.78 is 6.42. The summed E-state index contributed by atoms with van der Waals surface area (Å²) in [5, 5.41) is 5.13. The second-order valence-corrected chi connectivity index (χ2v) is 8.06. The Hall–Kier alpha value is -2.21. The smallest absolute Gasteiger partial charge is 0.222 e. The van der Waals surface area contributed by atoms with Gasteiger partial charge in [-0.25, -0.2) is 4.98 Å². The van der Waals surface area contributed by atoms with Crippen LogP contribution in [-0.4, -0.2) is 34.0 Å². The fourth-order valence-corrected chi connectivity index (χ4v) is 4.81. The molecule has 1 fully saturated rings. The van der Waals surface area contributed by atoms with Crippen molar-refractivity contribution in [2.24, 2.45) is 0 Å². The molecule has 0 aliphatic carbocycles. The van der Waals surface area contributed by atoms with Crippen molar-refractivity contribution < 1.29 is 9.32 Å². The Morgan fingerprint density at radius 3 is 2.96 bits per heavy atom. The van der Waals surface area contributed by atoms with E-state index in [1.54, 1.807) is 11.3 Å². The summed E-state index contributed by atoms with van der Waals surface area (Å²) in [6.07, 6.45) is 3.35. The van der Waals surface area contributed by atoms with Crippen LogP contribution in [0.15, 0.2) is 28.8 Å². The number of hydrogen-bond acceptors (Lipinski definition) is 5. The molecule has 1 amide bonds. The number of likely N-dealkylation sites (tertiary alicyclic amines) is 1. The van der Waals surface area contributed by atoms with E-state index in [4.69, 9.17) is 9.51 Å². The topological polar surface area (TPSA) is 59.2 Å². The van der Waals surface area contributed by atoms with E-state index in [0.717, 1.165) is 53.5 Å². The van der Waals surface area contributed by atoms with Crippen LogP contribution >= 0.6 is 11.3 Å². The lowest BCUT2D eigenvalue weighted by atomic mass is 9.98. The van der Waals surface area contributed by atoms with Crippen molar-refractivity contribution in [1.29, 1.82) is 0 Å². The Balaban J connectivity index is 1.42. The van der Waals surface area contributed by atoms with E-state index >= 15 is 0 Å². The molecule has 0 spiro atoms. The summed E-state index contributed by atoms with van der Waals surface area (Å²) in [7, 11) is 0. The number of carbonyl (C=O) groups excluding carboxylic acids is 1. The Kier molecular flexibility index (Phi) is 4.76. The van der Waals surface area contributed by atoms with Crippen LogP contribution in [0, 0.1) is 13.8 Å². The Bertz CT molecular complexity index is 878. The van der Waals surface area contributed by atoms with Crippen LogP contribution in [0.3, 0.4) is 0 Å². The van der Waals surface area contributed by atoms with Crippen molar-refractivity contribution >= 4 is 27.5 Å². The van der Waals surface area contributed by atoms with E-state index in [1.165, 1.54) is 4.70 Å². The van der Waals surface area contributed by atoms with Gasteiger partial charge in [-0.2, -0.15) is 0 Å². The lowest BCUT2D eigenvalue weighted by molar-refractivity contribution is -0.132. The van der Waals surface area contributed by atoms with Gasteiger partial charge in [-0.05, 0) is 45.2 Å². The Labute approximate surface area is 157 Å². The Morgan fingerprint density at radius 1 is 1.35 bits per heavy atom. The lowest BCUT2D eigenvalue weighted by Crippen LogP contribution is -2.39. The third kappa shape index (κ3) is 3.38. The van der Waals surface area contributed by atoms with Gasteiger partial charge in [0.25, 0.3) is 0 Å². The molecule has 1 saturated heterocycles. The molecule has 4 rings (SSSR count). The number of piperidine rings is 1. The molecule has 6 heteroatoms. The van der Waals surface area contributed by atoms with Gasteiger partial charge in [0.2, 0.25) is 5.91 Å². The number of hydrogen-bond donors (Lipinski definition) is 0. The van der Waals surface area contributed by atoms with Gasteiger partial charge < -0.3 is 9.42 Å². The summed E-state index contributed by atoms with van der Waals surface area (Å²) in [5.41, 5.74) is 3.02. The molecule has 136 valence electrons. The average Bonchev–Trinajstić information content (AvgIpc) is 3.23. The predicted molar refractivity (Wildman–Crippen MR) is 102 cm³/mol. The van der Waals surface area contributed by atoms with Gasteiger partial charge in [-0.3, -0.25) is 4.79 Å². The minimum Gasteiger partial charge on any atom is -0.361 e. The largest absolute Gasteiger partial charge is 0.361 e. The van der Waals surface area contributed by atoms with Crippen molar-refractivity contribution in [3.05, 3.63) is 46.3 Å². The summed E-state index contributed by atoms with van der Waals surface area (Å²) in [5.74, 6) is 1.39. The van der Waals surface area contributed by atoms with Crippen LogP contribution in [0.4, 0.5) is 0 Å². The molecule has 0 saturated carbocycles. The zero-order valence-corrected chi connectivity index (χ0v) is 16.0. The van der Waals surface area contributed by atoms with Crippen molar-refractivity contribution in [2.75, 3.05) is 13.1 Å². The summed E-state index contributed by atoms with van der Waals surface area (Å²) in [4.78, 5) is 19.5. The highest BCUT2D eigenvalue weighted by atomic mass is 32.1. The van der Waals surface area contributed by atoms with Gasteiger partial charge >= 0.3 is 0 Å². The van der Waals surface area contributed by atoms with E-state index in [2.05, 4.69) is 23.4 Å². The molecule has 1 aromatic carbocycles. The van der Waals surface area contributed by atoms with Crippen LogP contribution in [0.2, 0.25) is 0 Å². The maximum absolute atomic E-state index is 12.7. The van der Waals surface area contributed by atoms with Gasteiger partial charge in [-0.15, -0.1) is 11.3 Å². The van der Waals surface area contributed by atoms with E-state index in [0.29, 0.717) is 18.8 Å². The molecule has 3 heterocycles. The molecular formula is C20H23N3O2S. The summed E-state index contributed by atoms with van der Waals surface area (Å²) >= 11 is 1.76. The molecule has 1 atom stereocenters. The third-order valence-electron chi connectivity index (χ3n) is 5.20. The first-order valence-corrected chi connectivity index (χ1v) is 9.98. The maximum atomic E-state index is 12.7. The first kappa shape index (κ1) is 17.2. The normalized spacial score (nSPS) is 17.8. The molecule has 3 aromatic rings. The number of aromatic nitrogens is 2. The van der Waals surface area contributed by atoms with Gasteiger partial charge in [0.05, 0.1) is 20.9 Å². The number of thiazole rings is 1. The van der Waals surface area contributed by atoms with Crippen LogP contribution in [-0.2, 0) is 11.2 Å².